The van der Waals surface area contributed by atoms with Crippen LogP contribution >= 0.6 is 23.2 Å². The van der Waals surface area contributed by atoms with E-state index in [0.29, 0.717) is 23.2 Å². The van der Waals surface area contributed by atoms with Crippen LogP contribution in [0.2, 0.25) is 10.0 Å². The summed E-state index contributed by atoms with van der Waals surface area (Å²) in [6.45, 7) is 2.70. The average Bonchev–Trinajstić information content (AvgIpc) is 3.06. The Bertz CT molecular complexity index is 781. The molecule has 0 saturated heterocycles. The van der Waals surface area contributed by atoms with Crippen molar-refractivity contribution in [1.29, 1.82) is 0 Å². The van der Waals surface area contributed by atoms with Gasteiger partial charge in [0.05, 0.1) is 25.0 Å². The van der Waals surface area contributed by atoms with Gasteiger partial charge in [0.2, 0.25) is 0 Å². The van der Waals surface area contributed by atoms with E-state index < -0.39 is 0 Å². The van der Waals surface area contributed by atoms with Crippen LogP contribution in [0.15, 0.2) is 30.5 Å². The molecule has 0 N–H and O–H groups in total. The Morgan fingerprint density at radius 2 is 2.22 bits per heavy atom. The van der Waals surface area contributed by atoms with Gasteiger partial charge in [0.15, 0.2) is 0 Å². The van der Waals surface area contributed by atoms with E-state index in [1.807, 2.05) is 23.0 Å². The van der Waals surface area contributed by atoms with E-state index in [9.17, 15) is 4.79 Å². The third-order valence-corrected chi connectivity index (χ3v) is 4.38. The fourth-order valence-corrected chi connectivity index (χ4v) is 3.23. The third kappa shape index (κ3) is 3.43. The second kappa shape index (κ2) is 6.77. The standard InChI is InChI=1S/C17H16Cl2N2O2/c1-2-23-16(22)7-11-3-4-12-9-20-21(17(11)12)10-13-5-6-14(18)8-15(13)19/h5-9H,2-4,10H2,1H3/b11-7+. The smallest absolute Gasteiger partial charge is 0.331 e. The van der Waals surface area contributed by atoms with Crippen molar-refractivity contribution < 1.29 is 9.53 Å². The number of carbonyl (C=O) groups excluding carboxylic acids is 1. The van der Waals surface area contributed by atoms with E-state index in [4.69, 9.17) is 27.9 Å². The van der Waals surface area contributed by atoms with Gasteiger partial charge in [0, 0.05) is 16.1 Å². The van der Waals surface area contributed by atoms with Crippen molar-refractivity contribution in [3.8, 4) is 0 Å². The molecule has 120 valence electrons. The first-order chi connectivity index (χ1) is 11.1. The lowest BCUT2D eigenvalue weighted by Gasteiger charge is -2.09. The van der Waals surface area contributed by atoms with Crippen LogP contribution in [0.4, 0.5) is 0 Å². The predicted molar refractivity (Wildman–Crippen MR) is 90.7 cm³/mol. The molecule has 0 unspecified atom stereocenters. The first-order valence-corrected chi connectivity index (χ1v) is 8.20. The molecule has 1 heterocycles. The Morgan fingerprint density at radius 3 is 2.96 bits per heavy atom. The number of allylic oxidation sites excluding steroid dienone is 1. The maximum Gasteiger partial charge on any atom is 0.331 e. The van der Waals surface area contributed by atoms with Gasteiger partial charge in [0.25, 0.3) is 0 Å². The zero-order chi connectivity index (χ0) is 16.4. The van der Waals surface area contributed by atoms with E-state index in [1.54, 1.807) is 19.1 Å². The number of esters is 1. The van der Waals surface area contributed by atoms with Crippen molar-refractivity contribution in [2.45, 2.75) is 26.3 Å². The molecule has 0 atom stereocenters. The lowest BCUT2D eigenvalue weighted by atomic mass is 10.2. The largest absolute Gasteiger partial charge is 0.463 e. The number of rotatable bonds is 4. The maximum absolute atomic E-state index is 11.7. The molecule has 3 rings (SSSR count). The summed E-state index contributed by atoms with van der Waals surface area (Å²) in [5.74, 6) is -0.312. The molecule has 23 heavy (non-hydrogen) atoms. The average molecular weight is 351 g/mol. The van der Waals surface area contributed by atoms with Crippen molar-refractivity contribution in [3.05, 3.63) is 57.3 Å². The first-order valence-electron chi connectivity index (χ1n) is 7.44. The molecule has 0 spiro atoms. The molecule has 1 aromatic heterocycles. The molecule has 0 bridgehead atoms. The zero-order valence-electron chi connectivity index (χ0n) is 12.7. The summed E-state index contributed by atoms with van der Waals surface area (Å²) >= 11 is 12.2. The summed E-state index contributed by atoms with van der Waals surface area (Å²) < 4.78 is 6.88. The first kappa shape index (κ1) is 16.1. The number of hydrogen-bond donors (Lipinski definition) is 0. The normalized spacial score (nSPS) is 15.0. The van der Waals surface area contributed by atoms with Crippen LogP contribution in [0.25, 0.3) is 5.57 Å². The molecule has 1 aliphatic rings. The van der Waals surface area contributed by atoms with Crippen molar-refractivity contribution in [3.63, 3.8) is 0 Å². The highest BCUT2D eigenvalue weighted by atomic mass is 35.5. The number of ether oxygens (including phenoxy) is 1. The third-order valence-electron chi connectivity index (χ3n) is 3.80. The molecule has 0 amide bonds. The molecular formula is C17H16Cl2N2O2. The summed E-state index contributed by atoms with van der Waals surface area (Å²) in [6.07, 6.45) is 5.12. The number of fused-ring (bicyclic) bond motifs is 1. The number of halogens is 2. The number of nitrogens with zero attached hydrogens (tertiary/aromatic N) is 2. The molecular weight excluding hydrogens is 335 g/mol. The molecule has 0 saturated carbocycles. The van der Waals surface area contributed by atoms with Crippen LogP contribution in [0, 0.1) is 0 Å². The highest BCUT2D eigenvalue weighted by Crippen LogP contribution is 2.33. The SMILES string of the molecule is CCOC(=O)/C=C1\CCc2cnn(Cc3ccc(Cl)cc3Cl)c21. The van der Waals surface area contributed by atoms with E-state index in [-0.39, 0.29) is 5.97 Å². The number of aromatic nitrogens is 2. The molecule has 1 aliphatic carbocycles. The van der Waals surface area contributed by atoms with Gasteiger partial charge in [-0.15, -0.1) is 0 Å². The quantitative estimate of drug-likeness (QED) is 0.615. The second-order valence-electron chi connectivity index (χ2n) is 5.33. The molecule has 0 radical (unpaired) electrons. The fourth-order valence-electron chi connectivity index (χ4n) is 2.76. The summed E-state index contributed by atoms with van der Waals surface area (Å²) in [7, 11) is 0. The summed E-state index contributed by atoms with van der Waals surface area (Å²) in [5, 5.41) is 5.64. The van der Waals surface area contributed by atoms with E-state index in [1.165, 1.54) is 0 Å². The van der Waals surface area contributed by atoms with Crippen LogP contribution in [0.3, 0.4) is 0 Å². The predicted octanol–water partition coefficient (Wildman–Crippen LogP) is 4.13. The summed E-state index contributed by atoms with van der Waals surface area (Å²) in [5.41, 5.74) is 4.03. The topological polar surface area (TPSA) is 44.1 Å². The molecule has 2 aromatic rings. The fraction of sp³-hybridized carbons (Fsp3) is 0.294. The Balaban J connectivity index is 1.90. The maximum atomic E-state index is 11.7. The van der Waals surface area contributed by atoms with Crippen molar-refractivity contribution >= 4 is 34.7 Å². The second-order valence-corrected chi connectivity index (χ2v) is 6.18. The van der Waals surface area contributed by atoms with Crippen LogP contribution in [-0.2, 0) is 22.5 Å². The Morgan fingerprint density at radius 1 is 1.39 bits per heavy atom. The van der Waals surface area contributed by atoms with Gasteiger partial charge in [0.1, 0.15) is 0 Å². The van der Waals surface area contributed by atoms with E-state index in [0.717, 1.165) is 35.2 Å². The van der Waals surface area contributed by atoms with Gasteiger partial charge in [-0.1, -0.05) is 29.3 Å². The highest BCUT2D eigenvalue weighted by molar-refractivity contribution is 6.35. The molecule has 0 aliphatic heterocycles. The van der Waals surface area contributed by atoms with E-state index in [2.05, 4.69) is 5.10 Å². The van der Waals surface area contributed by atoms with Crippen molar-refractivity contribution in [2.24, 2.45) is 0 Å². The van der Waals surface area contributed by atoms with Gasteiger partial charge in [-0.05, 0) is 48.6 Å². The van der Waals surface area contributed by atoms with Crippen molar-refractivity contribution in [1.82, 2.24) is 9.78 Å². The lowest BCUT2D eigenvalue weighted by Crippen LogP contribution is -2.07. The van der Waals surface area contributed by atoms with Gasteiger partial charge >= 0.3 is 5.97 Å². The molecule has 6 heteroatoms. The minimum Gasteiger partial charge on any atom is -0.463 e. The minimum absolute atomic E-state index is 0.312. The number of carbonyl (C=O) groups is 1. The van der Waals surface area contributed by atoms with Crippen LogP contribution in [-0.4, -0.2) is 22.4 Å². The van der Waals surface area contributed by atoms with Gasteiger partial charge in [-0.2, -0.15) is 5.10 Å². The van der Waals surface area contributed by atoms with Crippen LogP contribution in [0.1, 0.15) is 30.2 Å². The highest BCUT2D eigenvalue weighted by Gasteiger charge is 2.23. The monoisotopic (exact) mass is 350 g/mol. The molecule has 4 nitrogen and oxygen atoms in total. The van der Waals surface area contributed by atoms with Crippen LogP contribution in [0.5, 0.6) is 0 Å². The minimum atomic E-state index is -0.312. The molecule has 1 aromatic carbocycles. The van der Waals surface area contributed by atoms with Crippen molar-refractivity contribution in [2.75, 3.05) is 6.61 Å². The number of hydrogen-bond acceptors (Lipinski definition) is 3. The number of benzene rings is 1. The van der Waals surface area contributed by atoms with Crippen LogP contribution < -0.4 is 0 Å². The summed E-state index contributed by atoms with van der Waals surface area (Å²) in [4.78, 5) is 11.7. The lowest BCUT2D eigenvalue weighted by molar-refractivity contribution is -0.137. The van der Waals surface area contributed by atoms with E-state index >= 15 is 0 Å². The summed E-state index contributed by atoms with van der Waals surface area (Å²) in [6, 6.07) is 5.42. The van der Waals surface area contributed by atoms with Gasteiger partial charge in [-0.3, -0.25) is 4.68 Å². The zero-order valence-corrected chi connectivity index (χ0v) is 14.2. The number of aryl methyl sites for hydroxylation is 1. The molecule has 0 fully saturated rings. The van der Waals surface area contributed by atoms with Gasteiger partial charge < -0.3 is 4.74 Å². The Hall–Kier alpha value is -1.78. The Labute approximate surface area is 144 Å². The van der Waals surface area contributed by atoms with Gasteiger partial charge in [-0.25, -0.2) is 4.79 Å². The Kier molecular flexibility index (Phi) is 4.74.